The summed E-state index contributed by atoms with van der Waals surface area (Å²) < 4.78 is 0. The molecule has 11 heavy (non-hydrogen) atoms. The third-order valence-corrected chi connectivity index (χ3v) is 2.11. The summed E-state index contributed by atoms with van der Waals surface area (Å²) in [5.74, 6) is 0. The molecule has 0 aromatic rings. The van der Waals surface area contributed by atoms with Gasteiger partial charge < -0.3 is 0 Å². The summed E-state index contributed by atoms with van der Waals surface area (Å²) in [6.07, 6.45) is 1.30. The molecule has 0 radical (unpaired) electrons. The van der Waals surface area contributed by atoms with Gasteiger partial charge in [0.1, 0.15) is 6.17 Å². The van der Waals surface area contributed by atoms with Crippen molar-refractivity contribution in [3.63, 3.8) is 0 Å². The van der Waals surface area contributed by atoms with Gasteiger partial charge in [-0.1, -0.05) is 5.22 Å². The lowest BCUT2D eigenvalue weighted by Gasteiger charge is -2.25. The predicted molar refractivity (Wildman–Crippen MR) is 40.5 cm³/mol. The molecule has 0 saturated carbocycles. The Morgan fingerprint density at radius 1 is 1.55 bits per heavy atom. The normalized spacial score (nSPS) is 42.7. The van der Waals surface area contributed by atoms with Gasteiger partial charge in [-0.15, -0.1) is 5.11 Å². The molecule has 0 aromatic heterocycles. The van der Waals surface area contributed by atoms with Crippen molar-refractivity contribution in [3.05, 3.63) is 0 Å². The first-order valence-corrected chi connectivity index (χ1v) is 3.92. The summed E-state index contributed by atoms with van der Waals surface area (Å²) in [7, 11) is 1.86. The average molecular weight is 155 g/mol. The highest BCUT2D eigenvalue weighted by Crippen LogP contribution is 2.17. The highest BCUT2D eigenvalue weighted by molar-refractivity contribution is 4.91. The summed E-state index contributed by atoms with van der Waals surface area (Å²) >= 11 is 0. The van der Waals surface area contributed by atoms with Crippen LogP contribution >= 0.6 is 0 Å². The van der Waals surface area contributed by atoms with Crippen LogP contribution in [0.2, 0.25) is 0 Å². The van der Waals surface area contributed by atoms with E-state index in [4.69, 9.17) is 0 Å². The lowest BCUT2D eigenvalue weighted by Crippen LogP contribution is -2.48. The fourth-order valence-corrected chi connectivity index (χ4v) is 1.62. The minimum absolute atomic E-state index is 0.182. The number of hydrogen-bond donors (Lipinski definition) is 2. The number of rotatable bonds is 0. The first-order valence-electron chi connectivity index (χ1n) is 3.92. The molecular formula is C6H13N5. The maximum absolute atomic E-state index is 4.10. The van der Waals surface area contributed by atoms with Gasteiger partial charge in [0.25, 0.3) is 0 Å². The summed E-state index contributed by atoms with van der Waals surface area (Å²) in [6.45, 7) is 2.16. The molecule has 2 aliphatic heterocycles. The molecule has 1 fully saturated rings. The third kappa shape index (κ3) is 1.21. The first-order chi connectivity index (χ1) is 5.25. The van der Waals surface area contributed by atoms with E-state index in [0.717, 1.165) is 6.42 Å². The Labute approximate surface area is 65.8 Å². The van der Waals surface area contributed by atoms with Crippen molar-refractivity contribution in [1.82, 2.24) is 15.9 Å². The van der Waals surface area contributed by atoms with E-state index in [0.29, 0.717) is 12.1 Å². The molecule has 5 nitrogen and oxygen atoms in total. The van der Waals surface area contributed by atoms with Crippen LogP contribution in [0.25, 0.3) is 0 Å². The Kier molecular flexibility index (Phi) is 1.54. The average Bonchev–Trinajstić information content (AvgIpc) is 2.27. The number of hydrogen-bond acceptors (Lipinski definition) is 5. The molecule has 0 aliphatic carbocycles. The van der Waals surface area contributed by atoms with Crippen LogP contribution in [0.4, 0.5) is 0 Å². The highest BCUT2D eigenvalue weighted by atomic mass is 15.8. The number of hydrazine groups is 1. The van der Waals surface area contributed by atoms with Crippen LogP contribution < -0.4 is 10.7 Å². The zero-order valence-corrected chi connectivity index (χ0v) is 6.78. The molecule has 5 heteroatoms. The molecule has 1 saturated heterocycles. The Balaban J connectivity index is 2.08. The van der Waals surface area contributed by atoms with Crippen molar-refractivity contribution >= 4 is 0 Å². The standard InChI is InChI=1S/C6H13N5/c1-4-3-5-6(7-4)8-10-11(2)9-5/h4-7,9H,3H2,1-2H3/t4-,5?,6?/m1/s1. The van der Waals surface area contributed by atoms with Gasteiger partial charge in [0.2, 0.25) is 0 Å². The molecule has 2 unspecified atom stereocenters. The van der Waals surface area contributed by atoms with Crippen LogP contribution in [0.15, 0.2) is 10.3 Å². The van der Waals surface area contributed by atoms with Crippen molar-refractivity contribution in [2.24, 2.45) is 10.3 Å². The topological polar surface area (TPSA) is 52.0 Å². The second-order valence-corrected chi connectivity index (χ2v) is 3.21. The number of nitrogens with one attached hydrogen (secondary N) is 2. The molecule has 2 heterocycles. The van der Waals surface area contributed by atoms with Gasteiger partial charge in [-0.3, -0.25) is 5.32 Å². The van der Waals surface area contributed by atoms with Crippen molar-refractivity contribution < 1.29 is 0 Å². The van der Waals surface area contributed by atoms with Gasteiger partial charge in [0.05, 0.1) is 6.04 Å². The van der Waals surface area contributed by atoms with Gasteiger partial charge in [-0.2, -0.15) is 0 Å². The van der Waals surface area contributed by atoms with E-state index < -0.39 is 0 Å². The lowest BCUT2D eigenvalue weighted by molar-refractivity contribution is 0.143. The lowest BCUT2D eigenvalue weighted by atomic mass is 10.2. The molecule has 0 bridgehead atoms. The zero-order chi connectivity index (χ0) is 7.84. The van der Waals surface area contributed by atoms with E-state index in [1.807, 2.05) is 7.05 Å². The largest absolute Gasteiger partial charge is 0.290 e. The van der Waals surface area contributed by atoms with Gasteiger partial charge in [0.15, 0.2) is 0 Å². The number of fused-ring (bicyclic) bond motifs is 1. The zero-order valence-electron chi connectivity index (χ0n) is 6.78. The molecule has 2 aliphatic rings. The van der Waals surface area contributed by atoms with E-state index in [1.54, 1.807) is 5.12 Å². The molecule has 0 amide bonds. The Morgan fingerprint density at radius 2 is 2.36 bits per heavy atom. The predicted octanol–water partition coefficient (Wildman–Crippen LogP) is -0.120. The molecule has 3 atom stereocenters. The minimum atomic E-state index is 0.182. The van der Waals surface area contributed by atoms with Crippen LogP contribution in [0, 0.1) is 0 Å². The van der Waals surface area contributed by atoms with Gasteiger partial charge >= 0.3 is 0 Å². The molecule has 0 spiro atoms. The second-order valence-electron chi connectivity index (χ2n) is 3.21. The Morgan fingerprint density at radius 3 is 3.18 bits per heavy atom. The van der Waals surface area contributed by atoms with Crippen LogP contribution in [-0.4, -0.2) is 30.4 Å². The Hall–Kier alpha value is -0.680. The van der Waals surface area contributed by atoms with Gasteiger partial charge in [-0.05, 0) is 13.3 Å². The quantitative estimate of drug-likeness (QED) is 0.513. The van der Waals surface area contributed by atoms with E-state index in [2.05, 4.69) is 28.0 Å². The maximum Gasteiger partial charge on any atom is 0.140 e. The third-order valence-electron chi connectivity index (χ3n) is 2.11. The second kappa shape index (κ2) is 2.42. The van der Waals surface area contributed by atoms with Crippen LogP contribution in [-0.2, 0) is 0 Å². The molecule has 62 valence electrons. The maximum atomic E-state index is 4.10. The SMILES string of the molecule is C[C@@H]1CC2NN(C)N=NC2N1. The summed E-state index contributed by atoms with van der Waals surface area (Å²) in [6, 6.07) is 0.968. The molecule has 2 N–H and O–H groups in total. The summed E-state index contributed by atoms with van der Waals surface area (Å²) in [5, 5.41) is 13.0. The fraction of sp³-hybridized carbons (Fsp3) is 1.00. The van der Waals surface area contributed by atoms with E-state index in [-0.39, 0.29) is 6.17 Å². The smallest absolute Gasteiger partial charge is 0.140 e. The van der Waals surface area contributed by atoms with Gasteiger partial charge in [-0.25, -0.2) is 10.5 Å². The van der Waals surface area contributed by atoms with Crippen molar-refractivity contribution in [2.75, 3.05) is 7.05 Å². The van der Waals surface area contributed by atoms with E-state index >= 15 is 0 Å². The van der Waals surface area contributed by atoms with E-state index in [9.17, 15) is 0 Å². The van der Waals surface area contributed by atoms with Gasteiger partial charge in [0, 0.05) is 13.1 Å². The van der Waals surface area contributed by atoms with Crippen LogP contribution in [0.5, 0.6) is 0 Å². The van der Waals surface area contributed by atoms with Crippen molar-refractivity contribution in [3.8, 4) is 0 Å². The van der Waals surface area contributed by atoms with Crippen LogP contribution in [0.3, 0.4) is 0 Å². The van der Waals surface area contributed by atoms with Crippen molar-refractivity contribution in [2.45, 2.75) is 31.6 Å². The number of nitrogens with zero attached hydrogens (tertiary/aromatic N) is 3. The highest BCUT2D eigenvalue weighted by Gasteiger charge is 2.34. The first kappa shape index (κ1) is 7.00. The fourth-order valence-electron chi connectivity index (χ4n) is 1.62. The molecular weight excluding hydrogens is 142 g/mol. The van der Waals surface area contributed by atoms with Crippen LogP contribution in [0.1, 0.15) is 13.3 Å². The van der Waals surface area contributed by atoms with Crippen molar-refractivity contribution in [1.29, 1.82) is 0 Å². The monoisotopic (exact) mass is 155 g/mol. The Bertz CT molecular complexity index is 180. The van der Waals surface area contributed by atoms with E-state index in [1.165, 1.54) is 0 Å². The summed E-state index contributed by atoms with van der Waals surface area (Å²) in [4.78, 5) is 0. The molecule has 0 aromatic carbocycles. The molecule has 2 rings (SSSR count). The minimum Gasteiger partial charge on any atom is -0.290 e. The summed E-state index contributed by atoms with van der Waals surface area (Å²) in [5.41, 5.74) is 3.22.